The van der Waals surface area contributed by atoms with Crippen molar-refractivity contribution in [3.8, 4) is 0 Å². The first kappa shape index (κ1) is 12.4. The van der Waals surface area contributed by atoms with Crippen LogP contribution in [0.15, 0.2) is 0 Å². The topological polar surface area (TPSA) is 20.2 Å². The number of fused-ring (bicyclic) bond motifs is 1. The van der Waals surface area contributed by atoms with E-state index in [0.29, 0.717) is 29.3 Å². The fourth-order valence-electron chi connectivity index (χ4n) is 4.85. The first-order valence-electron chi connectivity index (χ1n) is 7.02. The van der Waals surface area contributed by atoms with Crippen LogP contribution in [0.25, 0.3) is 0 Å². The Morgan fingerprint density at radius 2 is 1.81 bits per heavy atom. The van der Waals surface area contributed by atoms with Crippen molar-refractivity contribution in [1.82, 2.24) is 0 Å². The number of rotatable bonds is 1. The number of aliphatic hydroxyl groups excluding tert-OH is 1. The van der Waals surface area contributed by atoms with Crippen LogP contribution in [0.2, 0.25) is 0 Å². The maximum absolute atomic E-state index is 9.50. The average molecular weight is 224 g/mol. The van der Waals surface area contributed by atoms with Gasteiger partial charge < -0.3 is 5.11 Å². The van der Waals surface area contributed by atoms with Crippen molar-refractivity contribution >= 4 is 0 Å². The van der Waals surface area contributed by atoms with Gasteiger partial charge in [0, 0.05) is 6.61 Å². The molecule has 0 saturated heterocycles. The van der Waals surface area contributed by atoms with Crippen LogP contribution in [-0.4, -0.2) is 11.7 Å². The Hall–Kier alpha value is -0.0400. The predicted octanol–water partition coefficient (Wildman–Crippen LogP) is 3.86. The molecule has 1 heteroatoms. The summed E-state index contributed by atoms with van der Waals surface area (Å²) in [6, 6.07) is 0. The van der Waals surface area contributed by atoms with Crippen molar-refractivity contribution in [3.63, 3.8) is 0 Å². The van der Waals surface area contributed by atoms with Gasteiger partial charge in [-0.15, -0.1) is 0 Å². The van der Waals surface area contributed by atoms with E-state index in [1.54, 1.807) is 0 Å². The number of aliphatic hydroxyl groups is 1. The fourth-order valence-corrected chi connectivity index (χ4v) is 4.85. The molecule has 0 heterocycles. The Kier molecular flexibility index (Phi) is 3.11. The van der Waals surface area contributed by atoms with Gasteiger partial charge in [-0.25, -0.2) is 0 Å². The highest BCUT2D eigenvalue weighted by molar-refractivity contribution is 5.02. The molecule has 94 valence electrons. The first-order chi connectivity index (χ1) is 7.42. The summed E-state index contributed by atoms with van der Waals surface area (Å²) < 4.78 is 0. The van der Waals surface area contributed by atoms with Crippen LogP contribution in [0.3, 0.4) is 0 Å². The van der Waals surface area contributed by atoms with Gasteiger partial charge in [-0.05, 0) is 54.3 Å². The van der Waals surface area contributed by atoms with E-state index < -0.39 is 0 Å². The Labute approximate surface area is 101 Å². The van der Waals surface area contributed by atoms with E-state index in [1.165, 1.54) is 32.1 Å². The van der Waals surface area contributed by atoms with Crippen LogP contribution < -0.4 is 0 Å². The molecule has 0 aromatic carbocycles. The van der Waals surface area contributed by atoms with Crippen LogP contribution >= 0.6 is 0 Å². The molecule has 2 rings (SSSR count). The van der Waals surface area contributed by atoms with Gasteiger partial charge >= 0.3 is 0 Å². The Bertz CT molecular complexity index is 258. The lowest BCUT2D eigenvalue weighted by Gasteiger charge is -2.58. The molecule has 0 amide bonds. The molecule has 0 aromatic heterocycles. The molecule has 0 bridgehead atoms. The minimum Gasteiger partial charge on any atom is -0.396 e. The molecule has 0 radical (unpaired) electrons. The molecule has 16 heavy (non-hydrogen) atoms. The molecule has 2 fully saturated rings. The zero-order chi connectivity index (χ0) is 12.0. The van der Waals surface area contributed by atoms with Gasteiger partial charge in [-0.2, -0.15) is 0 Å². The molecule has 4 atom stereocenters. The number of hydrogen-bond acceptors (Lipinski definition) is 1. The fraction of sp³-hybridized carbons (Fsp3) is 1.00. The monoisotopic (exact) mass is 224 g/mol. The molecule has 2 saturated carbocycles. The van der Waals surface area contributed by atoms with Crippen LogP contribution in [0, 0.1) is 28.6 Å². The normalized spacial score (nSPS) is 47.4. The van der Waals surface area contributed by atoms with Crippen LogP contribution in [0.4, 0.5) is 0 Å². The molecule has 2 aliphatic carbocycles. The summed E-state index contributed by atoms with van der Waals surface area (Å²) in [5, 5.41) is 9.50. The first-order valence-corrected chi connectivity index (χ1v) is 7.02. The van der Waals surface area contributed by atoms with E-state index in [1.807, 2.05) is 0 Å². The highest BCUT2D eigenvalue weighted by Crippen LogP contribution is 2.60. The molecule has 1 N–H and O–H groups in total. The summed E-state index contributed by atoms with van der Waals surface area (Å²) in [4.78, 5) is 0. The van der Waals surface area contributed by atoms with Gasteiger partial charge in [0.05, 0.1) is 0 Å². The second kappa shape index (κ2) is 4.01. The third-order valence-electron chi connectivity index (χ3n) is 6.08. The predicted molar refractivity (Wildman–Crippen MR) is 68.2 cm³/mol. The highest BCUT2D eigenvalue weighted by atomic mass is 16.3. The molecule has 0 aliphatic heterocycles. The molecule has 2 aliphatic rings. The van der Waals surface area contributed by atoms with E-state index in [2.05, 4.69) is 27.7 Å². The lowest BCUT2D eigenvalue weighted by molar-refractivity contribution is -0.0986. The highest BCUT2D eigenvalue weighted by Gasteiger charge is 2.52. The Morgan fingerprint density at radius 3 is 2.44 bits per heavy atom. The largest absolute Gasteiger partial charge is 0.396 e. The molecule has 0 unspecified atom stereocenters. The molecular weight excluding hydrogens is 196 g/mol. The quantitative estimate of drug-likeness (QED) is 0.717. The SMILES string of the molecule is C[C@H]1[C@@H](CO)CC[C@H]2C(C)(C)CCC[C@]12C. The van der Waals surface area contributed by atoms with Gasteiger partial charge in [0.25, 0.3) is 0 Å². The lowest BCUT2D eigenvalue weighted by Crippen LogP contribution is -2.51. The minimum absolute atomic E-state index is 0.393. The molecule has 0 aromatic rings. The zero-order valence-electron chi connectivity index (χ0n) is 11.4. The lowest BCUT2D eigenvalue weighted by atomic mass is 9.47. The smallest absolute Gasteiger partial charge is 0.0462 e. The van der Waals surface area contributed by atoms with Crippen molar-refractivity contribution in [2.24, 2.45) is 28.6 Å². The Morgan fingerprint density at radius 1 is 1.12 bits per heavy atom. The number of hydrogen-bond donors (Lipinski definition) is 1. The standard InChI is InChI=1S/C15H28O/c1-11-12(10-16)6-7-13-14(2,3)8-5-9-15(11,13)4/h11-13,16H,5-10H2,1-4H3/t11-,12+,13-,15+/m0/s1. The molecule has 0 spiro atoms. The van der Waals surface area contributed by atoms with E-state index in [4.69, 9.17) is 0 Å². The maximum atomic E-state index is 9.50. The second-order valence-corrected chi connectivity index (χ2v) is 7.21. The minimum atomic E-state index is 0.393. The molecule has 1 nitrogen and oxygen atoms in total. The van der Waals surface area contributed by atoms with E-state index in [0.717, 1.165) is 5.92 Å². The summed E-state index contributed by atoms with van der Waals surface area (Å²) in [5.74, 6) is 2.11. The van der Waals surface area contributed by atoms with E-state index in [9.17, 15) is 5.11 Å². The van der Waals surface area contributed by atoms with Crippen molar-refractivity contribution in [2.75, 3.05) is 6.61 Å². The van der Waals surface area contributed by atoms with Gasteiger partial charge in [-0.1, -0.05) is 34.1 Å². The average Bonchev–Trinajstić information content (AvgIpc) is 2.20. The molecular formula is C15H28O. The Balaban J connectivity index is 2.26. The van der Waals surface area contributed by atoms with Crippen molar-refractivity contribution in [3.05, 3.63) is 0 Å². The second-order valence-electron chi connectivity index (χ2n) is 7.21. The van der Waals surface area contributed by atoms with E-state index >= 15 is 0 Å². The van der Waals surface area contributed by atoms with Crippen molar-refractivity contribution in [2.45, 2.75) is 59.8 Å². The maximum Gasteiger partial charge on any atom is 0.0462 e. The van der Waals surface area contributed by atoms with Crippen LogP contribution in [0.1, 0.15) is 59.8 Å². The van der Waals surface area contributed by atoms with Crippen molar-refractivity contribution < 1.29 is 5.11 Å². The van der Waals surface area contributed by atoms with Gasteiger partial charge in [0.2, 0.25) is 0 Å². The summed E-state index contributed by atoms with van der Waals surface area (Å²) in [6.45, 7) is 10.2. The van der Waals surface area contributed by atoms with Gasteiger partial charge in [0.15, 0.2) is 0 Å². The summed E-state index contributed by atoms with van der Waals surface area (Å²) in [7, 11) is 0. The van der Waals surface area contributed by atoms with Crippen LogP contribution in [-0.2, 0) is 0 Å². The summed E-state index contributed by atoms with van der Waals surface area (Å²) in [5.41, 5.74) is 0.995. The zero-order valence-corrected chi connectivity index (χ0v) is 11.4. The van der Waals surface area contributed by atoms with E-state index in [-0.39, 0.29) is 0 Å². The van der Waals surface area contributed by atoms with Gasteiger partial charge in [0.1, 0.15) is 0 Å². The van der Waals surface area contributed by atoms with Crippen molar-refractivity contribution in [1.29, 1.82) is 0 Å². The third-order valence-corrected chi connectivity index (χ3v) is 6.08. The third kappa shape index (κ3) is 1.72. The van der Waals surface area contributed by atoms with Gasteiger partial charge in [-0.3, -0.25) is 0 Å². The summed E-state index contributed by atoms with van der Waals surface area (Å²) in [6.07, 6.45) is 6.71. The summed E-state index contributed by atoms with van der Waals surface area (Å²) >= 11 is 0. The van der Waals surface area contributed by atoms with Crippen LogP contribution in [0.5, 0.6) is 0 Å².